The van der Waals surface area contributed by atoms with Crippen LogP contribution in [0.1, 0.15) is 64.5 Å². The molecule has 4 rings (SSSR count). The number of rotatable bonds is 4. The highest BCUT2D eigenvalue weighted by Gasteiger charge is 2.32. The first-order chi connectivity index (χ1) is 16.0. The van der Waals surface area contributed by atoms with Crippen molar-refractivity contribution in [3.8, 4) is 5.82 Å². The monoisotopic (exact) mass is 493 g/mol. The minimum Gasteiger partial charge on any atom is -0.393 e. The first-order valence-electron chi connectivity index (χ1n) is 10.8. The molecular weight excluding hydrogens is 471 g/mol. The molecule has 0 radical (unpaired) electrons. The van der Waals surface area contributed by atoms with E-state index < -0.39 is 17.6 Å². The highest BCUT2D eigenvalue weighted by Crippen LogP contribution is 2.34. The van der Waals surface area contributed by atoms with Crippen molar-refractivity contribution in [2.24, 2.45) is 0 Å². The van der Waals surface area contributed by atoms with E-state index in [4.69, 9.17) is 11.6 Å². The molecule has 0 atom stereocenters. The predicted molar refractivity (Wildman–Crippen MR) is 120 cm³/mol. The number of carbonyl (C=O) groups excluding carboxylic acids is 1. The number of aliphatic hydroxyl groups is 1. The van der Waals surface area contributed by atoms with Crippen molar-refractivity contribution >= 4 is 23.2 Å². The van der Waals surface area contributed by atoms with Gasteiger partial charge in [-0.25, -0.2) is 9.67 Å². The average molecular weight is 494 g/mol. The Morgan fingerprint density at radius 1 is 1.12 bits per heavy atom. The van der Waals surface area contributed by atoms with Crippen LogP contribution in [0.25, 0.3) is 5.82 Å². The maximum atomic E-state index is 12.9. The summed E-state index contributed by atoms with van der Waals surface area (Å²) in [6, 6.07) is 2.62. The minimum atomic E-state index is -4.57. The van der Waals surface area contributed by atoms with Crippen molar-refractivity contribution in [2.75, 3.05) is 5.32 Å². The normalized spacial score (nSPS) is 18.7. The predicted octanol–water partition coefficient (Wildman–Crippen LogP) is 5.22. The molecule has 0 bridgehead atoms. The van der Waals surface area contributed by atoms with Gasteiger partial charge in [-0.2, -0.15) is 18.3 Å². The van der Waals surface area contributed by atoms with Crippen molar-refractivity contribution in [1.82, 2.24) is 19.7 Å². The van der Waals surface area contributed by atoms with Crippen LogP contribution < -0.4 is 5.32 Å². The summed E-state index contributed by atoms with van der Waals surface area (Å²) in [7, 11) is 0. The van der Waals surface area contributed by atoms with Crippen molar-refractivity contribution in [3.63, 3.8) is 0 Å². The second kappa shape index (κ2) is 9.34. The molecule has 1 amide bonds. The zero-order valence-corrected chi connectivity index (χ0v) is 19.3. The summed E-state index contributed by atoms with van der Waals surface area (Å²) in [5, 5.41) is 16.4. The van der Waals surface area contributed by atoms with E-state index >= 15 is 0 Å². The fourth-order valence-electron chi connectivity index (χ4n) is 4.22. The van der Waals surface area contributed by atoms with Gasteiger partial charge in [0.1, 0.15) is 0 Å². The van der Waals surface area contributed by atoms with Gasteiger partial charge >= 0.3 is 6.18 Å². The lowest BCUT2D eigenvalue weighted by Crippen LogP contribution is -2.19. The Morgan fingerprint density at radius 2 is 1.82 bits per heavy atom. The highest BCUT2D eigenvalue weighted by atomic mass is 35.5. The van der Waals surface area contributed by atoms with Crippen LogP contribution in [0.4, 0.5) is 18.9 Å². The van der Waals surface area contributed by atoms with Gasteiger partial charge in [0, 0.05) is 17.8 Å². The fourth-order valence-corrected chi connectivity index (χ4v) is 4.46. The van der Waals surface area contributed by atoms with E-state index in [1.54, 1.807) is 13.1 Å². The molecule has 0 saturated heterocycles. The molecule has 3 aromatic heterocycles. The molecule has 1 aliphatic rings. The first kappa shape index (κ1) is 24.2. The summed E-state index contributed by atoms with van der Waals surface area (Å²) in [5.41, 5.74) is 2.05. The summed E-state index contributed by atoms with van der Waals surface area (Å²) in [5.74, 6) is -0.165. The number of halogens is 4. The molecule has 34 heavy (non-hydrogen) atoms. The van der Waals surface area contributed by atoms with Crippen LogP contribution in [-0.4, -0.2) is 36.9 Å². The van der Waals surface area contributed by atoms with Gasteiger partial charge in [-0.1, -0.05) is 11.6 Å². The van der Waals surface area contributed by atoms with Gasteiger partial charge in [0.05, 0.1) is 46.0 Å². The number of pyridine rings is 2. The minimum absolute atomic E-state index is 0.00863. The maximum Gasteiger partial charge on any atom is 0.417 e. The third-order valence-corrected chi connectivity index (χ3v) is 6.34. The number of alkyl halides is 3. The summed E-state index contributed by atoms with van der Waals surface area (Å²) < 4.78 is 39.9. The lowest BCUT2D eigenvalue weighted by molar-refractivity contribution is -0.137. The van der Waals surface area contributed by atoms with E-state index in [0.717, 1.165) is 43.0 Å². The van der Waals surface area contributed by atoms with E-state index in [1.165, 1.54) is 10.9 Å². The van der Waals surface area contributed by atoms with Crippen LogP contribution in [0, 0.1) is 13.8 Å². The Labute approximate surface area is 199 Å². The van der Waals surface area contributed by atoms with Crippen molar-refractivity contribution in [2.45, 2.75) is 57.7 Å². The molecule has 180 valence electrons. The Kier molecular flexibility index (Phi) is 6.64. The lowest BCUT2D eigenvalue weighted by Gasteiger charge is -2.26. The maximum absolute atomic E-state index is 12.9. The van der Waals surface area contributed by atoms with Crippen molar-refractivity contribution in [1.29, 1.82) is 0 Å². The van der Waals surface area contributed by atoms with Crippen LogP contribution in [0.2, 0.25) is 5.02 Å². The zero-order valence-electron chi connectivity index (χ0n) is 18.5. The Hall–Kier alpha value is -2.98. The second-order valence-electron chi connectivity index (χ2n) is 8.47. The number of nitrogens with one attached hydrogen (secondary N) is 1. The molecule has 3 heterocycles. The highest BCUT2D eigenvalue weighted by molar-refractivity contribution is 6.32. The number of hydrogen-bond donors (Lipinski definition) is 2. The van der Waals surface area contributed by atoms with Crippen LogP contribution in [0.5, 0.6) is 0 Å². The van der Waals surface area contributed by atoms with Crippen LogP contribution in [0.3, 0.4) is 0 Å². The molecule has 0 unspecified atom stereocenters. The molecule has 11 heteroatoms. The Bertz CT molecular complexity index is 1220. The van der Waals surface area contributed by atoms with E-state index in [0.29, 0.717) is 17.6 Å². The molecule has 0 aromatic carbocycles. The third-order valence-electron chi connectivity index (χ3n) is 6.06. The average Bonchev–Trinajstić information content (AvgIpc) is 3.15. The molecule has 0 aliphatic heterocycles. The number of nitrogens with zero attached hydrogens (tertiary/aromatic N) is 4. The topological polar surface area (TPSA) is 92.9 Å². The van der Waals surface area contributed by atoms with Crippen LogP contribution in [-0.2, 0) is 6.18 Å². The second-order valence-corrected chi connectivity index (χ2v) is 8.88. The smallest absolute Gasteiger partial charge is 0.393 e. The number of aliphatic hydroxyl groups excluding tert-OH is 1. The van der Waals surface area contributed by atoms with Crippen molar-refractivity contribution < 1.29 is 23.1 Å². The van der Waals surface area contributed by atoms with Gasteiger partial charge in [0.25, 0.3) is 5.91 Å². The third kappa shape index (κ3) is 4.92. The van der Waals surface area contributed by atoms with E-state index in [2.05, 4.69) is 20.4 Å². The summed E-state index contributed by atoms with van der Waals surface area (Å²) >= 11 is 6.02. The van der Waals surface area contributed by atoms with E-state index in [9.17, 15) is 23.1 Å². The molecular formula is C23H23ClF3N5O2. The van der Waals surface area contributed by atoms with Crippen LogP contribution >= 0.6 is 11.6 Å². The number of aromatic nitrogens is 4. The fraction of sp³-hybridized carbons (Fsp3) is 0.391. The SMILES string of the molecule is Cc1cc(NC(=O)c2cnn(-c3ncc(C(F)(F)F)cc3Cl)c2C)cnc1[C@H]1CC[C@@H](O)CC1. The molecule has 7 nitrogen and oxygen atoms in total. The van der Waals surface area contributed by atoms with Crippen molar-refractivity contribution in [3.05, 3.63) is 63.8 Å². The van der Waals surface area contributed by atoms with Gasteiger partial charge in [-0.3, -0.25) is 9.78 Å². The summed E-state index contributed by atoms with van der Waals surface area (Å²) in [6.07, 6.45) is 2.02. The number of aryl methyl sites for hydroxylation is 1. The standard InChI is InChI=1S/C23H23ClF3N5O2/c1-12-7-16(10-28-20(12)14-3-5-17(33)6-4-14)31-22(34)18-11-30-32(13(18)2)21-19(24)8-15(9-29-21)23(25,26)27/h7-11,14,17,33H,3-6H2,1-2H3,(H,31,34)/t14-,17+. The molecule has 1 fully saturated rings. The first-order valence-corrected chi connectivity index (χ1v) is 11.2. The Balaban J connectivity index is 1.51. The van der Waals surface area contributed by atoms with Gasteiger partial charge in [0.2, 0.25) is 0 Å². The number of amides is 1. The van der Waals surface area contributed by atoms with Crippen LogP contribution in [0.15, 0.2) is 30.7 Å². The summed E-state index contributed by atoms with van der Waals surface area (Å²) in [4.78, 5) is 21.2. The van der Waals surface area contributed by atoms with Gasteiger partial charge < -0.3 is 10.4 Å². The Morgan fingerprint density at radius 3 is 2.44 bits per heavy atom. The van der Waals surface area contributed by atoms with Gasteiger partial charge in [-0.05, 0) is 57.2 Å². The molecule has 1 aliphatic carbocycles. The van der Waals surface area contributed by atoms with E-state index in [-0.39, 0.29) is 28.4 Å². The molecule has 1 saturated carbocycles. The quantitative estimate of drug-likeness (QED) is 0.519. The van der Waals surface area contributed by atoms with E-state index in [1.807, 2.05) is 13.0 Å². The number of carbonyl (C=O) groups is 1. The zero-order chi connectivity index (χ0) is 24.6. The molecule has 0 spiro atoms. The number of anilines is 1. The largest absolute Gasteiger partial charge is 0.417 e. The van der Waals surface area contributed by atoms with Gasteiger partial charge in [0.15, 0.2) is 5.82 Å². The van der Waals surface area contributed by atoms with Gasteiger partial charge in [-0.15, -0.1) is 0 Å². The lowest BCUT2D eigenvalue weighted by atomic mass is 9.84. The molecule has 2 N–H and O–H groups in total. The summed E-state index contributed by atoms with van der Waals surface area (Å²) in [6.45, 7) is 3.53. The number of hydrogen-bond acceptors (Lipinski definition) is 5. The molecule has 3 aromatic rings.